The van der Waals surface area contributed by atoms with Gasteiger partial charge in [0, 0.05) is 43.4 Å². The van der Waals surface area contributed by atoms with Gasteiger partial charge in [0.1, 0.15) is 0 Å². The molecule has 154 valence electrons. The van der Waals surface area contributed by atoms with Crippen molar-refractivity contribution in [3.63, 3.8) is 0 Å². The van der Waals surface area contributed by atoms with Gasteiger partial charge >= 0.3 is 11.8 Å². The minimum absolute atomic E-state index is 0.0206. The molecule has 7 heteroatoms. The van der Waals surface area contributed by atoms with Crippen molar-refractivity contribution >= 4 is 29.1 Å². The van der Waals surface area contributed by atoms with Gasteiger partial charge in [-0.15, -0.1) is 0 Å². The summed E-state index contributed by atoms with van der Waals surface area (Å²) in [5, 5.41) is 5.88. The molecule has 2 amide bonds. The summed E-state index contributed by atoms with van der Waals surface area (Å²) in [4.78, 5) is 29.3. The first-order valence-corrected chi connectivity index (χ1v) is 10.1. The molecule has 0 aliphatic carbocycles. The number of benzene rings is 2. The van der Waals surface area contributed by atoms with Gasteiger partial charge in [0.05, 0.1) is 6.04 Å². The van der Waals surface area contributed by atoms with Crippen LogP contribution in [0.25, 0.3) is 0 Å². The molecule has 2 aromatic carbocycles. The molecule has 0 spiro atoms. The summed E-state index contributed by atoms with van der Waals surface area (Å²) in [7, 11) is 2.11. The number of halogens is 1. The molecule has 2 aromatic rings. The number of hydrogen-bond donors (Lipinski definition) is 2. The number of anilines is 1. The highest BCUT2D eigenvalue weighted by molar-refractivity contribution is 6.39. The van der Waals surface area contributed by atoms with Gasteiger partial charge in [0.25, 0.3) is 0 Å². The van der Waals surface area contributed by atoms with Gasteiger partial charge < -0.3 is 15.5 Å². The molecule has 1 heterocycles. The number of carbonyl (C=O) groups is 2. The largest absolute Gasteiger partial charge is 0.346 e. The van der Waals surface area contributed by atoms with Crippen LogP contribution in [-0.4, -0.2) is 61.4 Å². The Labute approximate surface area is 176 Å². The molecule has 1 fully saturated rings. The van der Waals surface area contributed by atoms with Crippen LogP contribution in [-0.2, 0) is 9.59 Å². The van der Waals surface area contributed by atoms with E-state index < -0.39 is 11.8 Å². The quantitative estimate of drug-likeness (QED) is 0.738. The Morgan fingerprint density at radius 3 is 2.38 bits per heavy atom. The number of rotatable bonds is 5. The zero-order valence-electron chi connectivity index (χ0n) is 16.8. The van der Waals surface area contributed by atoms with Crippen molar-refractivity contribution < 1.29 is 9.59 Å². The average Bonchev–Trinajstić information content (AvgIpc) is 2.70. The van der Waals surface area contributed by atoms with Gasteiger partial charge in [-0.25, -0.2) is 0 Å². The summed E-state index contributed by atoms with van der Waals surface area (Å²) in [5.41, 5.74) is 2.82. The second-order valence-corrected chi connectivity index (χ2v) is 7.88. The highest BCUT2D eigenvalue weighted by Gasteiger charge is 2.25. The van der Waals surface area contributed by atoms with Gasteiger partial charge in [-0.3, -0.25) is 14.5 Å². The van der Waals surface area contributed by atoms with Gasteiger partial charge in [0.2, 0.25) is 0 Å². The number of amides is 2. The predicted octanol–water partition coefficient (Wildman–Crippen LogP) is 2.69. The highest BCUT2D eigenvalue weighted by atomic mass is 35.5. The fourth-order valence-corrected chi connectivity index (χ4v) is 3.59. The topological polar surface area (TPSA) is 64.7 Å². The second kappa shape index (κ2) is 9.87. The Bertz CT molecular complexity index is 848. The van der Waals surface area contributed by atoms with Crippen LogP contribution in [0, 0.1) is 6.92 Å². The first-order chi connectivity index (χ1) is 13.9. The third kappa shape index (κ3) is 6.03. The summed E-state index contributed by atoms with van der Waals surface area (Å²) >= 11 is 5.92. The monoisotopic (exact) mass is 414 g/mol. The molecule has 0 aromatic heterocycles. The van der Waals surface area contributed by atoms with Crippen LogP contribution in [0.2, 0.25) is 5.02 Å². The van der Waals surface area contributed by atoms with Crippen molar-refractivity contribution in [1.29, 1.82) is 0 Å². The summed E-state index contributed by atoms with van der Waals surface area (Å²) in [6.07, 6.45) is 0. The zero-order chi connectivity index (χ0) is 20.8. The Morgan fingerprint density at radius 2 is 1.72 bits per heavy atom. The first kappa shape index (κ1) is 21.3. The standard InChI is InChI=1S/C22H27ClN4O2/c1-16-6-8-17(9-7-16)20(27-12-10-26(2)11-13-27)15-24-21(28)22(29)25-19-5-3-4-18(23)14-19/h3-9,14,20H,10-13,15H2,1-2H3,(H,24,28)(H,25,29)/t20-/m0/s1. The molecule has 1 atom stereocenters. The lowest BCUT2D eigenvalue weighted by molar-refractivity contribution is -0.136. The molecule has 0 saturated carbocycles. The van der Waals surface area contributed by atoms with Crippen LogP contribution in [0.3, 0.4) is 0 Å². The van der Waals surface area contributed by atoms with Crippen molar-refractivity contribution in [2.75, 3.05) is 45.1 Å². The van der Waals surface area contributed by atoms with Crippen molar-refractivity contribution in [3.8, 4) is 0 Å². The third-order valence-electron chi connectivity index (χ3n) is 5.19. The van der Waals surface area contributed by atoms with Crippen LogP contribution in [0.1, 0.15) is 17.2 Å². The maximum absolute atomic E-state index is 12.4. The summed E-state index contributed by atoms with van der Waals surface area (Å²) < 4.78 is 0. The molecule has 0 unspecified atom stereocenters. The van der Waals surface area contributed by atoms with Crippen LogP contribution < -0.4 is 10.6 Å². The maximum atomic E-state index is 12.4. The number of nitrogens with zero attached hydrogens (tertiary/aromatic N) is 2. The van der Waals surface area contributed by atoms with E-state index in [1.54, 1.807) is 24.3 Å². The molecule has 3 rings (SSSR count). The molecular formula is C22H27ClN4O2. The number of nitrogens with one attached hydrogen (secondary N) is 2. The minimum Gasteiger partial charge on any atom is -0.346 e. The smallest absolute Gasteiger partial charge is 0.313 e. The van der Waals surface area contributed by atoms with Crippen LogP contribution in [0.4, 0.5) is 5.69 Å². The predicted molar refractivity (Wildman–Crippen MR) is 116 cm³/mol. The van der Waals surface area contributed by atoms with E-state index in [0.717, 1.165) is 31.7 Å². The molecule has 29 heavy (non-hydrogen) atoms. The molecule has 6 nitrogen and oxygen atoms in total. The van der Waals surface area contributed by atoms with Crippen LogP contribution in [0.15, 0.2) is 48.5 Å². The first-order valence-electron chi connectivity index (χ1n) is 9.76. The summed E-state index contributed by atoms with van der Waals surface area (Å²) in [5.74, 6) is -1.36. The van der Waals surface area contributed by atoms with Gasteiger partial charge in [0.15, 0.2) is 0 Å². The molecular weight excluding hydrogens is 388 g/mol. The Morgan fingerprint density at radius 1 is 1.03 bits per heavy atom. The normalized spacial score (nSPS) is 16.2. The van der Waals surface area contributed by atoms with Gasteiger partial charge in [-0.1, -0.05) is 47.5 Å². The SMILES string of the molecule is Cc1ccc([C@H](CNC(=O)C(=O)Nc2cccc(Cl)c2)N2CCN(C)CC2)cc1. The Kier molecular flexibility index (Phi) is 7.25. The number of aryl methyl sites for hydroxylation is 1. The summed E-state index contributed by atoms with van der Waals surface area (Å²) in [6, 6.07) is 15.1. The Hall–Kier alpha value is -2.41. The minimum atomic E-state index is -0.701. The summed E-state index contributed by atoms with van der Waals surface area (Å²) in [6.45, 7) is 6.21. The molecule has 1 saturated heterocycles. The fourth-order valence-electron chi connectivity index (χ4n) is 3.40. The third-order valence-corrected chi connectivity index (χ3v) is 5.42. The van der Waals surface area contributed by atoms with Crippen molar-refractivity contribution in [1.82, 2.24) is 15.1 Å². The van der Waals surface area contributed by atoms with E-state index in [2.05, 4.69) is 58.7 Å². The average molecular weight is 415 g/mol. The zero-order valence-corrected chi connectivity index (χ0v) is 17.6. The lowest BCUT2D eigenvalue weighted by atomic mass is 10.0. The fraction of sp³-hybridized carbons (Fsp3) is 0.364. The van der Waals surface area contributed by atoms with E-state index in [1.807, 2.05) is 0 Å². The molecule has 1 aliphatic rings. The lowest BCUT2D eigenvalue weighted by Crippen LogP contribution is -2.49. The van der Waals surface area contributed by atoms with Crippen LogP contribution >= 0.6 is 11.6 Å². The van der Waals surface area contributed by atoms with Crippen molar-refractivity contribution in [2.45, 2.75) is 13.0 Å². The van der Waals surface area contributed by atoms with E-state index in [4.69, 9.17) is 11.6 Å². The number of piperazine rings is 1. The van der Waals surface area contributed by atoms with Crippen LogP contribution in [0.5, 0.6) is 0 Å². The highest BCUT2D eigenvalue weighted by Crippen LogP contribution is 2.22. The number of hydrogen-bond acceptors (Lipinski definition) is 4. The van der Waals surface area contributed by atoms with E-state index in [1.165, 1.54) is 5.56 Å². The molecule has 0 radical (unpaired) electrons. The lowest BCUT2D eigenvalue weighted by Gasteiger charge is -2.38. The second-order valence-electron chi connectivity index (χ2n) is 7.44. The van der Waals surface area contributed by atoms with Crippen molar-refractivity contribution in [3.05, 3.63) is 64.7 Å². The van der Waals surface area contributed by atoms with E-state index in [-0.39, 0.29) is 6.04 Å². The Balaban J connectivity index is 1.64. The van der Waals surface area contributed by atoms with Crippen molar-refractivity contribution in [2.24, 2.45) is 0 Å². The molecule has 2 N–H and O–H groups in total. The van der Waals surface area contributed by atoms with E-state index >= 15 is 0 Å². The molecule has 0 bridgehead atoms. The number of likely N-dealkylation sites (N-methyl/N-ethyl adjacent to an activating group) is 1. The molecule has 1 aliphatic heterocycles. The van der Waals surface area contributed by atoms with E-state index in [0.29, 0.717) is 17.3 Å². The van der Waals surface area contributed by atoms with Gasteiger partial charge in [-0.05, 0) is 37.7 Å². The maximum Gasteiger partial charge on any atom is 0.313 e. The van der Waals surface area contributed by atoms with E-state index in [9.17, 15) is 9.59 Å². The number of carbonyl (C=O) groups excluding carboxylic acids is 2. The van der Waals surface area contributed by atoms with Gasteiger partial charge in [-0.2, -0.15) is 0 Å².